The monoisotopic (exact) mass is 468 g/mol. The Balaban J connectivity index is 1.49. The molecule has 0 bridgehead atoms. The number of anilines is 4. The molecule has 0 amide bonds. The minimum Gasteiger partial charge on any atom is -0.431 e. The first kappa shape index (κ1) is 21.9. The van der Waals surface area contributed by atoms with Gasteiger partial charge in [-0.1, -0.05) is 24.3 Å². The van der Waals surface area contributed by atoms with Crippen LogP contribution in [0.2, 0.25) is 0 Å². The fourth-order valence-electron chi connectivity index (χ4n) is 3.38. The molecule has 34 heavy (non-hydrogen) atoms. The number of aryl methyl sites for hydroxylation is 4. The third-order valence-electron chi connectivity index (χ3n) is 5.59. The molecule has 5 rings (SSSR count). The number of nitrogens with zero attached hydrogens (tertiary/aromatic N) is 4. The lowest BCUT2D eigenvalue weighted by Crippen LogP contribution is -2.05. The molecule has 0 aliphatic carbocycles. The summed E-state index contributed by atoms with van der Waals surface area (Å²) in [6.07, 6.45) is 0. The van der Waals surface area contributed by atoms with Crippen LogP contribution < -0.4 is 10.6 Å². The molecule has 3 aromatic carbocycles. The molecule has 0 atom stereocenters. The Morgan fingerprint density at radius 2 is 1.24 bits per heavy atom. The van der Waals surface area contributed by atoms with Gasteiger partial charge in [0.15, 0.2) is 5.58 Å². The van der Waals surface area contributed by atoms with E-state index in [-0.39, 0.29) is 0 Å². The maximum atomic E-state index is 5.86. The van der Waals surface area contributed by atoms with E-state index in [0.717, 1.165) is 22.5 Å². The van der Waals surface area contributed by atoms with Gasteiger partial charge in [-0.25, -0.2) is 4.98 Å². The van der Waals surface area contributed by atoms with Crippen molar-refractivity contribution < 1.29 is 4.42 Å². The van der Waals surface area contributed by atoms with E-state index >= 15 is 0 Å². The van der Waals surface area contributed by atoms with Crippen LogP contribution in [-0.4, -0.2) is 19.9 Å². The highest BCUT2D eigenvalue weighted by Crippen LogP contribution is 2.30. The van der Waals surface area contributed by atoms with Crippen molar-refractivity contribution in [1.82, 2.24) is 19.9 Å². The number of rotatable bonds is 6. The first-order chi connectivity index (χ1) is 16.4. The van der Waals surface area contributed by atoms with Crippen molar-refractivity contribution >= 4 is 46.1 Å². The minimum absolute atomic E-state index is 0.434. The zero-order chi connectivity index (χ0) is 23.7. The first-order valence-electron chi connectivity index (χ1n) is 10.9. The molecule has 0 aliphatic heterocycles. The second-order valence-corrected chi connectivity index (χ2v) is 9.08. The van der Waals surface area contributed by atoms with E-state index in [9.17, 15) is 0 Å². The van der Waals surface area contributed by atoms with Gasteiger partial charge in [-0.05, 0) is 86.3 Å². The van der Waals surface area contributed by atoms with Crippen LogP contribution in [0.4, 0.5) is 23.3 Å². The zero-order valence-electron chi connectivity index (χ0n) is 19.4. The third-order valence-corrected chi connectivity index (χ3v) is 6.31. The van der Waals surface area contributed by atoms with Gasteiger partial charge in [0.25, 0.3) is 5.22 Å². The number of hydrogen-bond acceptors (Lipinski definition) is 8. The average molecular weight is 469 g/mol. The number of oxazole rings is 1. The maximum absolute atomic E-state index is 5.86. The summed E-state index contributed by atoms with van der Waals surface area (Å²) in [6, 6.07) is 20.0. The van der Waals surface area contributed by atoms with Gasteiger partial charge in [-0.15, -0.1) is 0 Å². The standard InChI is InChI=1S/C26H24N6OS/c1-15-9-11-19(13-17(15)3)27-23-30-24(28-20-12-10-16(2)18(4)14-20)32-25(31-23)34-26-29-21-7-5-6-8-22(21)33-26/h5-14H,1-4H3,(H2,27,28,30,31,32). The van der Waals surface area contributed by atoms with Crippen LogP contribution in [0.25, 0.3) is 11.1 Å². The van der Waals surface area contributed by atoms with Gasteiger partial charge in [0.05, 0.1) is 0 Å². The Morgan fingerprint density at radius 1 is 0.647 bits per heavy atom. The number of benzene rings is 3. The maximum Gasteiger partial charge on any atom is 0.264 e. The van der Waals surface area contributed by atoms with E-state index < -0.39 is 0 Å². The summed E-state index contributed by atoms with van der Waals surface area (Å²) in [5, 5.41) is 7.55. The number of fused-ring (bicyclic) bond motifs is 1. The average Bonchev–Trinajstić information content (AvgIpc) is 3.21. The third kappa shape index (κ3) is 4.87. The molecule has 0 saturated heterocycles. The molecule has 7 nitrogen and oxygen atoms in total. The highest BCUT2D eigenvalue weighted by Gasteiger charge is 2.14. The van der Waals surface area contributed by atoms with Crippen molar-refractivity contribution in [3.05, 3.63) is 82.9 Å². The van der Waals surface area contributed by atoms with Gasteiger partial charge in [0, 0.05) is 23.1 Å². The summed E-state index contributed by atoms with van der Waals surface area (Å²) in [5.41, 5.74) is 8.16. The van der Waals surface area contributed by atoms with Crippen molar-refractivity contribution in [2.24, 2.45) is 0 Å². The van der Waals surface area contributed by atoms with E-state index in [1.54, 1.807) is 0 Å². The molecule has 2 N–H and O–H groups in total. The zero-order valence-corrected chi connectivity index (χ0v) is 20.2. The first-order valence-corrected chi connectivity index (χ1v) is 11.7. The fourth-order valence-corrected chi connectivity index (χ4v) is 4.08. The van der Waals surface area contributed by atoms with Gasteiger partial charge in [0.2, 0.25) is 17.1 Å². The van der Waals surface area contributed by atoms with E-state index in [1.165, 1.54) is 34.0 Å². The van der Waals surface area contributed by atoms with Crippen molar-refractivity contribution in [1.29, 1.82) is 0 Å². The van der Waals surface area contributed by atoms with Crippen molar-refractivity contribution in [3.8, 4) is 0 Å². The van der Waals surface area contributed by atoms with E-state index in [4.69, 9.17) is 4.42 Å². The van der Waals surface area contributed by atoms with Crippen LogP contribution in [0.1, 0.15) is 22.3 Å². The summed E-state index contributed by atoms with van der Waals surface area (Å²) in [5.74, 6) is 0.867. The predicted octanol–water partition coefficient (Wildman–Crippen LogP) is 6.88. The minimum atomic E-state index is 0.434. The SMILES string of the molecule is Cc1ccc(Nc2nc(Nc3ccc(C)c(C)c3)nc(Sc3nc4ccccc4o3)n2)cc1C. The number of nitrogens with one attached hydrogen (secondary N) is 2. The lowest BCUT2D eigenvalue weighted by Gasteiger charge is -2.11. The van der Waals surface area contributed by atoms with Crippen LogP contribution in [0.5, 0.6) is 0 Å². The predicted molar refractivity (Wildman–Crippen MR) is 136 cm³/mol. The molecule has 0 fully saturated rings. The summed E-state index contributed by atoms with van der Waals surface area (Å²) in [4.78, 5) is 18.4. The number of aromatic nitrogens is 4. The van der Waals surface area contributed by atoms with Crippen molar-refractivity contribution in [3.63, 3.8) is 0 Å². The van der Waals surface area contributed by atoms with Crippen molar-refractivity contribution in [2.75, 3.05) is 10.6 Å². The molecule has 2 heterocycles. The molecular formula is C26H24N6OS. The van der Waals surface area contributed by atoms with E-state index in [2.05, 4.69) is 82.5 Å². The normalized spacial score (nSPS) is 11.1. The summed E-state index contributed by atoms with van der Waals surface area (Å²) < 4.78 is 5.86. The number of para-hydroxylation sites is 2. The Morgan fingerprint density at radius 3 is 1.79 bits per heavy atom. The summed E-state index contributed by atoms with van der Waals surface area (Å²) >= 11 is 1.25. The quantitative estimate of drug-likeness (QED) is 0.279. The molecular weight excluding hydrogens is 444 g/mol. The topological polar surface area (TPSA) is 88.8 Å². The molecule has 5 aromatic rings. The molecule has 170 valence electrons. The van der Waals surface area contributed by atoms with Gasteiger partial charge in [0.1, 0.15) is 5.52 Å². The smallest absolute Gasteiger partial charge is 0.264 e. The summed E-state index contributed by atoms with van der Waals surface area (Å²) in [6.45, 7) is 8.33. The summed E-state index contributed by atoms with van der Waals surface area (Å²) in [7, 11) is 0. The Labute approximate surface area is 202 Å². The Bertz CT molecular complexity index is 1390. The van der Waals surface area contributed by atoms with Crippen LogP contribution >= 0.6 is 11.8 Å². The lowest BCUT2D eigenvalue weighted by atomic mass is 10.1. The van der Waals surface area contributed by atoms with Gasteiger partial charge < -0.3 is 15.1 Å². The van der Waals surface area contributed by atoms with Crippen LogP contribution in [0.15, 0.2) is 75.5 Å². The highest BCUT2D eigenvalue weighted by molar-refractivity contribution is 7.99. The Hall–Kier alpha value is -3.91. The van der Waals surface area contributed by atoms with Crippen LogP contribution in [0, 0.1) is 27.7 Å². The molecule has 8 heteroatoms. The molecule has 0 saturated carbocycles. The van der Waals surface area contributed by atoms with Gasteiger partial charge in [-0.2, -0.15) is 15.0 Å². The molecule has 0 radical (unpaired) electrons. The van der Waals surface area contributed by atoms with Gasteiger partial charge >= 0.3 is 0 Å². The van der Waals surface area contributed by atoms with E-state index in [1.807, 2.05) is 36.4 Å². The van der Waals surface area contributed by atoms with Crippen molar-refractivity contribution in [2.45, 2.75) is 38.1 Å². The molecule has 0 aliphatic rings. The Kier molecular flexibility index (Phi) is 5.90. The fraction of sp³-hybridized carbons (Fsp3) is 0.154. The second-order valence-electron chi connectivity index (χ2n) is 8.16. The molecule has 0 unspecified atom stereocenters. The number of hydrogen-bond donors (Lipinski definition) is 2. The second kappa shape index (κ2) is 9.15. The largest absolute Gasteiger partial charge is 0.431 e. The molecule has 2 aromatic heterocycles. The molecule has 0 spiro atoms. The van der Waals surface area contributed by atoms with E-state index in [0.29, 0.717) is 22.3 Å². The van der Waals surface area contributed by atoms with Crippen LogP contribution in [-0.2, 0) is 0 Å². The lowest BCUT2D eigenvalue weighted by molar-refractivity contribution is 0.488. The van der Waals surface area contributed by atoms with Crippen LogP contribution in [0.3, 0.4) is 0 Å². The van der Waals surface area contributed by atoms with Gasteiger partial charge in [-0.3, -0.25) is 0 Å². The highest BCUT2D eigenvalue weighted by atomic mass is 32.2.